The monoisotopic (exact) mass is 261 g/mol. The number of ether oxygens (including phenoxy) is 1. The Bertz CT molecular complexity index is 557. The smallest absolute Gasteiger partial charge is 0.357 e. The van der Waals surface area contributed by atoms with Gasteiger partial charge >= 0.3 is 5.97 Å². The Morgan fingerprint density at radius 2 is 2.05 bits per heavy atom. The topological polar surface area (TPSA) is 72.6 Å². The predicted octanol–water partition coefficient (Wildman–Crippen LogP) is 3.08. The number of rotatable bonds is 5. The van der Waals surface area contributed by atoms with E-state index in [1.165, 1.54) is 5.56 Å². The predicted molar refractivity (Wildman–Crippen MR) is 68.3 cm³/mol. The maximum Gasteiger partial charge on any atom is 0.357 e. The van der Waals surface area contributed by atoms with E-state index in [0.717, 1.165) is 6.26 Å². The molecule has 1 N–H and O–H groups in total. The van der Waals surface area contributed by atoms with Crippen LogP contribution in [0.1, 0.15) is 41.7 Å². The molecule has 2 rings (SSSR count). The second-order valence-electron chi connectivity index (χ2n) is 4.44. The van der Waals surface area contributed by atoms with Crippen molar-refractivity contribution >= 4 is 5.97 Å². The molecule has 1 heterocycles. The summed E-state index contributed by atoms with van der Waals surface area (Å²) in [5, 5.41) is 8.70. The SMILES string of the molecule is CC(C)c1ccc(OCc2nc(C(=O)O)co2)cc1. The molecule has 0 saturated heterocycles. The van der Waals surface area contributed by atoms with E-state index in [-0.39, 0.29) is 18.2 Å². The summed E-state index contributed by atoms with van der Waals surface area (Å²) in [6, 6.07) is 7.74. The maximum absolute atomic E-state index is 10.6. The number of aromatic carboxylic acids is 1. The Morgan fingerprint density at radius 1 is 1.37 bits per heavy atom. The number of hydrogen-bond donors (Lipinski definition) is 1. The van der Waals surface area contributed by atoms with Crippen molar-refractivity contribution in [3.8, 4) is 5.75 Å². The third kappa shape index (κ3) is 3.34. The highest BCUT2D eigenvalue weighted by atomic mass is 16.5. The maximum atomic E-state index is 10.6. The number of carboxylic acids is 1. The third-order valence-corrected chi connectivity index (χ3v) is 2.68. The fourth-order valence-corrected chi connectivity index (χ4v) is 1.57. The molecule has 100 valence electrons. The van der Waals surface area contributed by atoms with Gasteiger partial charge in [-0.15, -0.1) is 0 Å². The van der Waals surface area contributed by atoms with Crippen molar-refractivity contribution in [3.63, 3.8) is 0 Å². The van der Waals surface area contributed by atoms with Crippen LogP contribution in [0.5, 0.6) is 5.75 Å². The summed E-state index contributed by atoms with van der Waals surface area (Å²) in [7, 11) is 0. The lowest BCUT2D eigenvalue weighted by molar-refractivity contribution is 0.0690. The Morgan fingerprint density at radius 3 is 2.58 bits per heavy atom. The summed E-state index contributed by atoms with van der Waals surface area (Å²) >= 11 is 0. The molecule has 0 radical (unpaired) electrons. The molecule has 19 heavy (non-hydrogen) atoms. The molecular formula is C14H15NO4. The molecule has 0 aliphatic rings. The molecule has 0 bridgehead atoms. The van der Waals surface area contributed by atoms with Crippen LogP contribution < -0.4 is 4.74 Å². The molecule has 0 amide bonds. The summed E-state index contributed by atoms with van der Waals surface area (Å²) in [5.41, 5.74) is 1.12. The van der Waals surface area contributed by atoms with Crippen molar-refractivity contribution in [2.45, 2.75) is 26.4 Å². The average molecular weight is 261 g/mol. The highest BCUT2D eigenvalue weighted by Gasteiger charge is 2.10. The summed E-state index contributed by atoms with van der Waals surface area (Å²) in [6.45, 7) is 4.35. The molecule has 0 spiro atoms. The van der Waals surface area contributed by atoms with Gasteiger partial charge in [0.2, 0.25) is 5.89 Å². The molecule has 0 aliphatic heterocycles. The standard InChI is InChI=1S/C14H15NO4/c1-9(2)10-3-5-11(6-4-10)18-8-13-15-12(7-19-13)14(16)17/h3-7,9H,8H2,1-2H3,(H,16,17). The van der Waals surface area contributed by atoms with Crippen LogP contribution >= 0.6 is 0 Å². The van der Waals surface area contributed by atoms with Crippen LogP contribution in [0.2, 0.25) is 0 Å². The van der Waals surface area contributed by atoms with Crippen LogP contribution in [0.3, 0.4) is 0 Å². The van der Waals surface area contributed by atoms with Gasteiger partial charge in [-0.1, -0.05) is 26.0 Å². The lowest BCUT2D eigenvalue weighted by Gasteiger charge is -2.07. The molecule has 0 saturated carbocycles. The van der Waals surface area contributed by atoms with Crippen molar-refractivity contribution in [1.82, 2.24) is 4.98 Å². The van der Waals surface area contributed by atoms with E-state index in [0.29, 0.717) is 11.7 Å². The zero-order valence-electron chi connectivity index (χ0n) is 10.8. The largest absolute Gasteiger partial charge is 0.484 e. The fourth-order valence-electron chi connectivity index (χ4n) is 1.57. The summed E-state index contributed by atoms with van der Waals surface area (Å²) < 4.78 is 10.5. The van der Waals surface area contributed by atoms with Crippen LogP contribution in [-0.4, -0.2) is 16.1 Å². The second kappa shape index (κ2) is 5.56. The van der Waals surface area contributed by atoms with E-state index in [1.54, 1.807) is 0 Å². The Hall–Kier alpha value is -2.30. The van der Waals surface area contributed by atoms with Crippen LogP contribution in [0.25, 0.3) is 0 Å². The van der Waals surface area contributed by atoms with Gasteiger partial charge in [-0.2, -0.15) is 0 Å². The molecule has 1 aromatic carbocycles. The number of hydrogen-bond acceptors (Lipinski definition) is 4. The molecule has 5 heteroatoms. The quantitative estimate of drug-likeness (QED) is 0.895. The van der Waals surface area contributed by atoms with E-state index in [2.05, 4.69) is 18.8 Å². The van der Waals surface area contributed by atoms with Crippen molar-refractivity contribution in [2.24, 2.45) is 0 Å². The Kier molecular flexibility index (Phi) is 3.85. The first-order valence-corrected chi connectivity index (χ1v) is 5.96. The minimum atomic E-state index is -1.11. The average Bonchev–Trinajstić information content (AvgIpc) is 2.86. The zero-order chi connectivity index (χ0) is 13.8. The van der Waals surface area contributed by atoms with E-state index in [4.69, 9.17) is 14.3 Å². The fraction of sp³-hybridized carbons (Fsp3) is 0.286. The highest BCUT2D eigenvalue weighted by Crippen LogP contribution is 2.19. The van der Waals surface area contributed by atoms with E-state index >= 15 is 0 Å². The van der Waals surface area contributed by atoms with Crippen molar-refractivity contribution < 1.29 is 19.1 Å². The number of nitrogens with zero attached hydrogens (tertiary/aromatic N) is 1. The van der Waals surface area contributed by atoms with Crippen molar-refractivity contribution in [1.29, 1.82) is 0 Å². The minimum Gasteiger partial charge on any atom is -0.484 e. The molecule has 5 nitrogen and oxygen atoms in total. The zero-order valence-corrected chi connectivity index (χ0v) is 10.8. The lowest BCUT2D eigenvalue weighted by Crippen LogP contribution is -1.99. The van der Waals surface area contributed by atoms with Gasteiger partial charge in [0.15, 0.2) is 12.3 Å². The third-order valence-electron chi connectivity index (χ3n) is 2.68. The molecule has 0 unspecified atom stereocenters. The van der Waals surface area contributed by atoms with Gasteiger partial charge in [-0.05, 0) is 23.6 Å². The summed E-state index contributed by atoms with van der Waals surface area (Å²) in [4.78, 5) is 14.4. The van der Waals surface area contributed by atoms with Gasteiger partial charge < -0.3 is 14.3 Å². The Balaban J connectivity index is 1.96. The first-order valence-electron chi connectivity index (χ1n) is 5.96. The number of carbonyl (C=O) groups is 1. The molecule has 0 fully saturated rings. The van der Waals surface area contributed by atoms with Gasteiger partial charge in [0.05, 0.1) is 0 Å². The van der Waals surface area contributed by atoms with E-state index in [9.17, 15) is 4.79 Å². The van der Waals surface area contributed by atoms with Gasteiger partial charge in [-0.3, -0.25) is 0 Å². The van der Waals surface area contributed by atoms with Gasteiger partial charge in [-0.25, -0.2) is 9.78 Å². The van der Waals surface area contributed by atoms with Crippen molar-refractivity contribution in [2.75, 3.05) is 0 Å². The molecule has 0 atom stereocenters. The van der Waals surface area contributed by atoms with Gasteiger partial charge in [0, 0.05) is 0 Å². The van der Waals surface area contributed by atoms with Crippen LogP contribution in [0.4, 0.5) is 0 Å². The molecule has 0 aliphatic carbocycles. The minimum absolute atomic E-state index is 0.105. The lowest BCUT2D eigenvalue weighted by atomic mass is 10.0. The second-order valence-corrected chi connectivity index (χ2v) is 4.44. The van der Waals surface area contributed by atoms with Gasteiger partial charge in [0.1, 0.15) is 12.0 Å². The summed E-state index contributed by atoms with van der Waals surface area (Å²) in [6.07, 6.45) is 1.10. The molecule has 2 aromatic rings. The number of oxazole rings is 1. The Labute approximate surface area is 110 Å². The van der Waals surface area contributed by atoms with Crippen molar-refractivity contribution in [3.05, 3.63) is 47.7 Å². The van der Waals surface area contributed by atoms with E-state index in [1.807, 2.05) is 24.3 Å². The molecular weight excluding hydrogens is 246 g/mol. The van der Waals surface area contributed by atoms with Gasteiger partial charge in [0.25, 0.3) is 0 Å². The highest BCUT2D eigenvalue weighted by molar-refractivity contribution is 5.84. The van der Waals surface area contributed by atoms with Crippen LogP contribution in [-0.2, 0) is 6.61 Å². The number of carboxylic acid groups (broad SMARTS) is 1. The normalized spacial score (nSPS) is 10.7. The van der Waals surface area contributed by atoms with Crippen LogP contribution in [0.15, 0.2) is 34.9 Å². The first kappa shape index (κ1) is 13.1. The van der Waals surface area contributed by atoms with Crippen LogP contribution in [0, 0.1) is 0 Å². The number of benzene rings is 1. The molecule has 1 aromatic heterocycles. The number of aromatic nitrogens is 1. The first-order chi connectivity index (χ1) is 9.06. The summed E-state index contributed by atoms with van der Waals surface area (Å²) in [5.74, 6) is 0.292. The van der Waals surface area contributed by atoms with E-state index < -0.39 is 5.97 Å².